The van der Waals surface area contributed by atoms with Crippen LogP contribution < -0.4 is 10.7 Å². The molecular weight excluding hydrogens is 378 g/mol. The zero-order valence-corrected chi connectivity index (χ0v) is 16.5. The second kappa shape index (κ2) is 9.61. The number of anilines is 1. The maximum Gasteiger partial charge on any atom is 0.328 e. The van der Waals surface area contributed by atoms with E-state index < -0.39 is 11.9 Å². The summed E-state index contributed by atoms with van der Waals surface area (Å²) in [7, 11) is 0. The van der Waals surface area contributed by atoms with Gasteiger partial charge in [-0.15, -0.1) is 11.3 Å². The van der Waals surface area contributed by atoms with E-state index >= 15 is 0 Å². The van der Waals surface area contributed by atoms with Crippen molar-refractivity contribution in [2.75, 3.05) is 5.32 Å². The van der Waals surface area contributed by atoms with Gasteiger partial charge in [-0.1, -0.05) is 26.0 Å². The molecule has 2 amide bonds. The number of aliphatic carboxylic acids is 1. The van der Waals surface area contributed by atoms with Gasteiger partial charge in [0.1, 0.15) is 0 Å². The van der Waals surface area contributed by atoms with Crippen LogP contribution in [0.25, 0.3) is 0 Å². The van der Waals surface area contributed by atoms with Crippen molar-refractivity contribution in [2.45, 2.75) is 26.7 Å². The molecule has 0 aliphatic heterocycles. The Hall–Kier alpha value is -3.26. The Labute approximate surface area is 166 Å². The Morgan fingerprint density at radius 1 is 1.11 bits per heavy atom. The molecule has 3 N–H and O–H groups in total. The summed E-state index contributed by atoms with van der Waals surface area (Å²) >= 11 is 1.55. The highest BCUT2D eigenvalue weighted by Crippen LogP contribution is 2.23. The molecule has 0 saturated carbocycles. The highest BCUT2D eigenvalue weighted by atomic mass is 32.1. The van der Waals surface area contributed by atoms with Crippen LogP contribution >= 0.6 is 11.3 Å². The van der Waals surface area contributed by atoms with Crippen molar-refractivity contribution in [2.24, 2.45) is 5.10 Å². The lowest BCUT2D eigenvalue weighted by atomic mass is 10.1. The van der Waals surface area contributed by atoms with E-state index in [-0.39, 0.29) is 5.91 Å². The molecule has 8 heteroatoms. The molecule has 0 bridgehead atoms. The first kappa shape index (κ1) is 21.0. The number of benzene rings is 1. The number of nitrogens with zero attached hydrogens (tertiary/aromatic N) is 1. The van der Waals surface area contributed by atoms with Crippen molar-refractivity contribution in [3.05, 3.63) is 63.9 Å². The number of carbonyl (C=O) groups is 3. The molecule has 1 aromatic heterocycles. The summed E-state index contributed by atoms with van der Waals surface area (Å²) in [5, 5.41) is 17.0. The molecular formula is C20H21N3O4S. The summed E-state index contributed by atoms with van der Waals surface area (Å²) in [4.78, 5) is 35.3. The molecule has 0 unspecified atom stereocenters. The van der Waals surface area contributed by atoms with Crippen LogP contribution in [0.5, 0.6) is 0 Å². The van der Waals surface area contributed by atoms with E-state index in [1.54, 1.807) is 42.5 Å². The zero-order chi connectivity index (χ0) is 20.7. The molecule has 0 spiro atoms. The van der Waals surface area contributed by atoms with Crippen molar-refractivity contribution in [1.82, 2.24) is 5.43 Å². The quantitative estimate of drug-likeness (QED) is 0.375. The zero-order valence-electron chi connectivity index (χ0n) is 15.7. The van der Waals surface area contributed by atoms with Crippen LogP contribution in [-0.2, 0) is 9.59 Å². The SMILES string of the molecule is C/C(=N\NC(=O)c1csc(C(C)C)c1)c1ccc(NC(=O)/C=C/C(=O)O)cc1. The molecule has 0 saturated heterocycles. The van der Waals surface area contributed by atoms with E-state index in [2.05, 4.69) is 29.7 Å². The monoisotopic (exact) mass is 399 g/mol. The Bertz CT molecular complexity index is 927. The molecule has 146 valence electrons. The van der Waals surface area contributed by atoms with Gasteiger partial charge in [-0.05, 0) is 36.6 Å². The van der Waals surface area contributed by atoms with Crippen molar-refractivity contribution in [1.29, 1.82) is 0 Å². The van der Waals surface area contributed by atoms with E-state index in [4.69, 9.17) is 5.11 Å². The fourth-order valence-electron chi connectivity index (χ4n) is 2.16. The molecule has 0 aliphatic carbocycles. The minimum Gasteiger partial charge on any atom is -0.478 e. The average molecular weight is 399 g/mol. The number of rotatable bonds is 7. The normalized spacial score (nSPS) is 11.6. The van der Waals surface area contributed by atoms with Crippen LogP contribution in [0.3, 0.4) is 0 Å². The Kier molecular flexibility index (Phi) is 7.22. The van der Waals surface area contributed by atoms with Crippen LogP contribution in [-0.4, -0.2) is 28.6 Å². The maximum atomic E-state index is 12.2. The van der Waals surface area contributed by atoms with Gasteiger partial charge in [-0.3, -0.25) is 9.59 Å². The number of amides is 2. The van der Waals surface area contributed by atoms with Crippen molar-refractivity contribution in [3.8, 4) is 0 Å². The first-order chi connectivity index (χ1) is 13.3. The van der Waals surface area contributed by atoms with Crippen molar-refractivity contribution < 1.29 is 19.5 Å². The molecule has 7 nitrogen and oxygen atoms in total. The number of hydrogen-bond donors (Lipinski definition) is 3. The predicted molar refractivity (Wildman–Crippen MR) is 110 cm³/mol. The Morgan fingerprint density at radius 3 is 2.36 bits per heavy atom. The smallest absolute Gasteiger partial charge is 0.328 e. The Morgan fingerprint density at radius 2 is 1.79 bits per heavy atom. The molecule has 1 aromatic carbocycles. The topological polar surface area (TPSA) is 108 Å². The lowest BCUT2D eigenvalue weighted by Crippen LogP contribution is -2.18. The van der Waals surface area contributed by atoms with Gasteiger partial charge >= 0.3 is 5.97 Å². The summed E-state index contributed by atoms with van der Waals surface area (Å²) in [6.45, 7) is 5.91. The fraction of sp³-hybridized carbons (Fsp3) is 0.200. The summed E-state index contributed by atoms with van der Waals surface area (Å²) in [5.41, 5.74) is 5.02. The predicted octanol–water partition coefficient (Wildman–Crippen LogP) is 3.60. The van der Waals surface area contributed by atoms with Crippen LogP contribution in [0, 0.1) is 0 Å². The summed E-state index contributed by atoms with van der Waals surface area (Å²) < 4.78 is 0. The van der Waals surface area contributed by atoms with Crippen molar-refractivity contribution >= 4 is 40.5 Å². The molecule has 2 rings (SSSR count). The summed E-state index contributed by atoms with van der Waals surface area (Å²) in [5.74, 6) is -1.63. The maximum absolute atomic E-state index is 12.2. The molecule has 0 fully saturated rings. The van der Waals surface area contributed by atoms with E-state index in [0.29, 0.717) is 22.9 Å². The second-order valence-electron chi connectivity index (χ2n) is 6.27. The average Bonchev–Trinajstić information content (AvgIpc) is 3.15. The first-order valence-electron chi connectivity index (χ1n) is 8.51. The fourth-order valence-corrected chi connectivity index (χ4v) is 3.07. The lowest BCUT2D eigenvalue weighted by molar-refractivity contribution is -0.131. The third-order valence-corrected chi connectivity index (χ3v) is 4.96. The lowest BCUT2D eigenvalue weighted by Gasteiger charge is -2.05. The van der Waals surface area contributed by atoms with Gasteiger partial charge in [0.05, 0.1) is 11.3 Å². The number of carboxylic acids is 1. The first-order valence-corrected chi connectivity index (χ1v) is 9.39. The van der Waals surface area contributed by atoms with Crippen molar-refractivity contribution in [3.63, 3.8) is 0 Å². The highest BCUT2D eigenvalue weighted by Gasteiger charge is 2.10. The third-order valence-electron chi connectivity index (χ3n) is 3.72. The minimum absolute atomic E-state index is 0.267. The van der Waals surface area contributed by atoms with Gasteiger partial charge < -0.3 is 10.4 Å². The summed E-state index contributed by atoms with van der Waals surface area (Å²) in [6, 6.07) is 8.67. The molecule has 0 atom stereocenters. The molecule has 2 aromatic rings. The molecule has 0 radical (unpaired) electrons. The van der Waals surface area contributed by atoms with E-state index in [1.165, 1.54) is 0 Å². The number of hydrogen-bond acceptors (Lipinski definition) is 5. The van der Waals surface area contributed by atoms with Crippen LogP contribution in [0.15, 0.2) is 53.0 Å². The number of carbonyl (C=O) groups excluding carboxylic acids is 2. The number of hydrazone groups is 1. The van der Waals surface area contributed by atoms with E-state index in [0.717, 1.165) is 22.6 Å². The molecule has 0 aliphatic rings. The van der Waals surface area contributed by atoms with Gasteiger partial charge in [-0.2, -0.15) is 5.10 Å². The van der Waals surface area contributed by atoms with Gasteiger partial charge in [0, 0.05) is 28.1 Å². The standard InChI is InChI=1S/C20H21N3O4S/c1-12(2)17-10-15(11-28-17)20(27)23-22-13(3)14-4-6-16(7-5-14)21-18(24)8-9-19(25)26/h4-12H,1-3H3,(H,21,24)(H,23,27)(H,25,26)/b9-8+,22-13+. The number of thiophene rings is 1. The minimum atomic E-state index is -1.19. The van der Waals surface area contributed by atoms with Gasteiger partial charge in [0.15, 0.2) is 0 Å². The second-order valence-corrected chi connectivity index (χ2v) is 7.21. The number of carboxylic acid groups (broad SMARTS) is 1. The summed E-state index contributed by atoms with van der Waals surface area (Å²) in [6.07, 6.45) is 1.70. The van der Waals surface area contributed by atoms with Crippen LogP contribution in [0.2, 0.25) is 0 Å². The molecule has 1 heterocycles. The van der Waals surface area contributed by atoms with Crippen LogP contribution in [0.4, 0.5) is 5.69 Å². The largest absolute Gasteiger partial charge is 0.478 e. The van der Waals surface area contributed by atoms with E-state index in [1.807, 2.05) is 11.4 Å². The third kappa shape index (κ3) is 6.17. The van der Waals surface area contributed by atoms with Crippen LogP contribution in [0.1, 0.15) is 47.5 Å². The highest BCUT2D eigenvalue weighted by molar-refractivity contribution is 7.10. The Balaban J connectivity index is 1.97. The van der Waals surface area contributed by atoms with Gasteiger partial charge in [-0.25, -0.2) is 10.2 Å². The number of nitrogens with one attached hydrogen (secondary N) is 2. The molecule has 28 heavy (non-hydrogen) atoms. The van der Waals surface area contributed by atoms with Gasteiger partial charge in [0.2, 0.25) is 5.91 Å². The van der Waals surface area contributed by atoms with E-state index in [9.17, 15) is 14.4 Å². The van der Waals surface area contributed by atoms with Gasteiger partial charge in [0.25, 0.3) is 5.91 Å².